The monoisotopic (exact) mass is 256 g/mol. The number of nitro groups is 1. The molecular weight excluding hydrogens is 240 g/mol. The number of nitrogens with two attached hydrogens (primary N) is 1. The molecule has 0 saturated carbocycles. The largest absolute Gasteiger partial charge is 0.393 e. The van der Waals surface area contributed by atoms with Gasteiger partial charge in [0.1, 0.15) is 5.60 Å². The number of anilines is 2. The summed E-state index contributed by atoms with van der Waals surface area (Å²) in [6.45, 7) is 1.07. The number of non-ortho nitro benzene ring substituents is 1. The SMILES string of the molecule is CC(O)(CO)CNc1cc(NN)cc([N+](=O)[O-])c1. The van der Waals surface area contributed by atoms with Crippen LogP contribution in [0.1, 0.15) is 6.92 Å². The Kier molecular flexibility index (Phi) is 4.43. The number of aliphatic hydroxyl groups excluding tert-OH is 1. The molecule has 0 spiro atoms. The number of hydrogen-bond donors (Lipinski definition) is 5. The number of nitrogen functional groups attached to an aromatic ring is 1. The summed E-state index contributed by atoms with van der Waals surface area (Å²) in [5.74, 6) is 5.21. The van der Waals surface area contributed by atoms with Gasteiger partial charge >= 0.3 is 0 Å². The molecule has 0 heterocycles. The second-order valence-corrected chi connectivity index (χ2v) is 4.18. The minimum atomic E-state index is -1.30. The molecule has 0 aliphatic heterocycles. The van der Waals surface area contributed by atoms with Crippen LogP contribution < -0.4 is 16.6 Å². The van der Waals surface area contributed by atoms with E-state index in [9.17, 15) is 15.2 Å². The normalized spacial score (nSPS) is 13.8. The molecule has 0 saturated heterocycles. The smallest absolute Gasteiger partial charge is 0.273 e. The quantitative estimate of drug-likeness (QED) is 0.275. The fourth-order valence-corrected chi connectivity index (χ4v) is 1.25. The van der Waals surface area contributed by atoms with Crippen LogP contribution in [-0.2, 0) is 0 Å². The van der Waals surface area contributed by atoms with E-state index in [4.69, 9.17) is 10.9 Å². The van der Waals surface area contributed by atoms with E-state index in [1.165, 1.54) is 19.1 Å². The van der Waals surface area contributed by atoms with E-state index in [1.54, 1.807) is 6.07 Å². The zero-order valence-electron chi connectivity index (χ0n) is 9.88. The second-order valence-electron chi connectivity index (χ2n) is 4.18. The first kappa shape index (κ1) is 14.2. The number of aliphatic hydroxyl groups is 2. The average Bonchev–Trinajstić information content (AvgIpc) is 2.36. The molecule has 6 N–H and O–H groups in total. The lowest BCUT2D eigenvalue weighted by Gasteiger charge is -2.21. The van der Waals surface area contributed by atoms with E-state index in [0.717, 1.165) is 0 Å². The molecule has 1 rings (SSSR count). The maximum absolute atomic E-state index is 10.7. The van der Waals surface area contributed by atoms with E-state index in [2.05, 4.69) is 10.7 Å². The van der Waals surface area contributed by atoms with Crippen molar-refractivity contribution in [2.24, 2.45) is 5.84 Å². The van der Waals surface area contributed by atoms with Gasteiger partial charge in [-0.2, -0.15) is 0 Å². The van der Waals surface area contributed by atoms with Gasteiger partial charge in [-0.05, 0) is 13.0 Å². The third kappa shape index (κ3) is 3.84. The Labute approximate surface area is 104 Å². The van der Waals surface area contributed by atoms with Crippen LogP contribution in [0.25, 0.3) is 0 Å². The topological polar surface area (TPSA) is 134 Å². The molecule has 8 nitrogen and oxygen atoms in total. The molecule has 1 aromatic carbocycles. The summed E-state index contributed by atoms with van der Waals surface area (Å²) < 4.78 is 0. The fourth-order valence-electron chi connectivity index (χ4n) is 1.25. The first-order chi connectivity index (χ1) is 8.38. The Morgan fingerprint density at radius 1 is 1.44 bits per heavy atom. The van der Waals surface area contributed by atoms with Crippen molar-refractivity contribution >= 4 is 17.1 Å². The van der Waals surface area contributed by atoms with Crippen molar-refractivity contribution in [1.29, 1.82) is 0 Å². The fraction of sp³-hybridized carbons (Fsp3) is 0.400. The van der Waals surface area contributed by atoms with Crippen LogP contribution in [-0.4, -0.2) is 33.9 Å². The van der Waals surface area contributed by atoms with E-state index in [1.807, 2.05) is 0 Å². The Morgan fingerprint density at radius 2 is 2.06 bits per heavy atom. The summed E-state index contributed by atoms with van der Waals surface area (Å²) in [6.07, 6.45) is 0. The zero-order valence-corrected chi connectivity index (χ0v) is 9.88. The molecule has 0 fully saturated rings. The summed E-state index contributed by atoms with van der Waals surface area (Å²) in [5.41, 5.74) is 1.68. The number of nitro benzene ring substituents is 1. The van der Waals surface area contributed by atoms with Crippen LogP contribution in [0.5, 0.6) is 0 Å². The highest BCUT2D eigenvalue weighted by atomic mass is 16.6. The average molecular weight is 256 g/mol. The Hall–Kier alpha value is -1.90. The first-order valence-electron chi connectivity index (χ1n) is 5.21. The van der Waals surface area contributed by atoms with Gasteiger partial charge in [-0.3, -0.25) is 16.0 Å². The van der Waals surface area contributed by atoms with Crippen LogP contribution in [0.15, 0.2) is 18.2 Å². The summed E-state index contributed by atoms with van der Waals surface area (Å²) in [5, 5.41) is 32.0. The van der Waals surface area contributed by atoms with Gasteiger partial charge in [0.05, 0.1) is 17.2 Å². The van der Waals surface area contributed by atoms with Crippen LogP contribution in [0, 0.1) is 10.1 Å². The second kappa shape index (κ2) is 5.63. The lowest BCUT2D eigenvalue weighted by atomic mass is 10.1. The zero-order chi connectivity index (χ0) is 13.8. The Balaban J connectivity index is 2.88. The standard InChI is InChI=1S/C10H16N4O4/c1-10(16,6-15)5-12-7-2-8(13-11)4-9(3-7)14(17)18/h2-4,12-13,15-16H,5-6,11H2,1H3. The number of nitrogens with one attached hydrogen (secondary N) is 2. The van der Waals surface area contributed by atoms with E-state index in [0.29, 0.717) is 11.4 Å². The summed E-state index contributed by atoms with van der Waals surface area (Å²) >= 11 is 0. The van der Waals surface area contributed by atoms with Crippen molar-refractivity contribution in [3.63, 3.8) is 0 Å². The molecule has 100 valence electrons. The van der Waals surface area contributed by atoms with E-state index >= 15 is 0 Å². The highest BCUT2D eigenvalue weighted by molar-refractivity contribution is 5.63. The molecule has 1 atom stereocenters. The van der Waals surface area contributed by atoms with Crippen LogP contribution in [0.4, 0.5) is 17.1 Å². The van der Waals surface area contributed by atoms with Gasteiger partial charge in [0.2, 0.25) is 0 Å². The van der Waals surface area contributed by atoms with Crippen molar-refractivity contribution in [3.8, 4) is 0 Å². The third-order valence-corrected chi connectivity index (χ3v) is 2.31. The van der Waals surface area contributed by atoms with Gasteiger partial charge in [0.25, 0.3) is 5.69 Å². The predicted octanol–water partition coefficient (Wildman–Crippen LogP) is 0.0356. The molecule has 8 heteroatoms. The third-order valence-electron chi connectivity index (χ3n) is 2.31. The Morgan fingerprint density at radius 3 is 2.56 bits per heavy atom. The molecule has 0 aliphatic rings. The molecule has 18 heavy (non-hydrogen) atoms. The highest BCUT2D eigenvalue weighted by Crippen LogP contribution is 2.24. The van der Waals surface area contributed by atoms with E-state index in [-0.39, 0.29) is 12.2 Å². The number of rotatable bonds is 6. The van der Waals surface area contributed by atoms with Gasteiger partial charge in [0, 0.05) is 24.4 Å². The van der Waals surface area contributed by atoms with Gasteiger partial charge in [-0.25, -0.2) is 0 Å². The molecule has 1 aromatic rings. The van der Waals surface area contributed by atoms with Gasteiger partial charge in [-0.15, -0.1) is 0 Å². The summed E-state index contributed by atoms with van der Waals surface area (Å²) in [4.78, 5) is 10.2. The van der Waals surface area contributed by atoms with Gasteiger partial charge in [-0.1, -0.05) is 0 Å². The number of benzene rings is 1. The summed E-state index contributed by atoms with van der Waals surface area (Å²) in [6, 6.07) is 4.16. The van der Waals surface area contributed by atoms with Crippen molar-refractivity contribution < 1.29 is 15.1 Å². The molecule has 0 aliphatic carbocycles. The van der Waals surface area contributed by atoms with Gasteiger partial charge in [0.15, 0.2) is 0 Å². The van der Waals surface area contributed by atoms with Crippen LogP contribution in [0.3, 0.4) is 0 Å². The van der Waals surface area contributed by atoms with Crippen molar-refractivity contribution in [2.45, 2.75) is 12.5 Å². The van der Waals surface area contributed by atoms with E-state index < -0.39 is 17.1 Å². The van der Waals surface area contributed by atoms with Crippen LogP contribution in [0.2, 0.25) is 0 Å². The number of nitrogens with zero attached hydrogens (tertiary/aromatic N) is 1. The lowest BCUT2D eigenvalue weighted by molar-refractivity contribution is -0.384. The molecule has 0 bridgehead atoms. The predicted molar refractivity (Wildman–Crippen MR) is 67.1 cm³/mol. The highest BCUT2D eigenvalue weighted by Gasteiger charge is 2.19. The minimum Gasteiger partial charge on any atom is -0.393 e. The molecule has 0 aromatic heterocycles. The lowest BCUT2D eigenvalue weighted by Crippen LogP contribution is -2.37. The van der Waals surface area contributed by atoms with Crippen molar-refractivity contribution in [3.05, 3.63) is 28.3 Å². The molecular formula is C10H16N4O4. The number of hydrazine groups is 1. The molecule has 0 radical (unpaired) electrons. The minimum absolute atomic E-state index is 0.0503. The maximum atomic E-state index is 10.7. The Bertz CT molecular complexity index is 436. The van der Waals surface area contributed by atoms with Crippen molar-refractivity contribution in [1.82, 2.24) is 0 Å². The first-order valence-corrected chi connectivity index (χ1v) is 5.21. The molecule has 0 amide bonds. The van der Waals surface area contributed by atoms with Gasteiger partial charge < -0.3 is 21.0 Å². The molecule has 1 unspecified atom stereocenters. The van der Waals surface area contributed by atoms with Crippen molar-refractivity contribution in [2.75, 3.05) is 23.9 Å². The maximum Gasteiger partial charge on any atom is 0.273 e. The van der Waals surface area contributed by atoms with Crippen LogP contribution >= 0.6 is 0 Å². The summed E-state index contributed by atoms with van der Waals surface area (Å²) in [7, 11) is 0. The number of hydrogen-bond acceptors (Lipinski definition) is 7.